The molecule has 2 aromatic heterocycles. The maximum Gasteiger partial charge on any atom is 0.303 e. The third-order valence-electron chi connectivity index (χ3n) is 8.51. The standard InChI is InChI=1S/C31H39N5O5S2/c1-3-4-23-20-32-29(33-21-23)35-14-9-26(10-15-35)40-30-34-27-6-5-25(19-28(27)42-30)24-7-16-36(17-8-24)43(38,39)18-13-31(11-12-31)41-22(2)37/h5-7,19-21,26H,3-4,8-18H2,1-2H3. The average Bonchev–Trinajstić information content (AvgIpc) is 3.64. The van der Waals surface area contributed by atoms with E-state index in [9.17, 15) is 13.2 Å². The van der Waals surface area contributed by atoms with E-state index in [2.05, 4.69) is 33.9 Å². The Morgan fingerprint density at radius 3 is 2.56 bits per heavy atom. The van der Waals surface area contributed by atoms with E-state index >= 15 is 0 Å². The van der Waals surface area contributed by atoms with Crippen LogP contribution in [0.1, 0.15) is 69.9 Å². The van der Waals surface area contributed by atoms with Crippen molar-refractivity contribution < 1.29 is 22.7 Å². The molecule has 43 heavy (non-hydrogen) atoms. The van der Waals surface area contributed by atoms with E-state index in [4.69, 9.17) is 14.5 Å². The molecule has 10 nitrogen and oxygen atoms in total. The van der Waals surface area contributed by atoms with Gasteiger partial charge in [-0.15, -0.1) is 0 Å². The number of carbonyl (C=O) groups excluding carboxylic acids is 1. The number of benzene rings is 1. The SMILES string of the molecule is CCCc1cnc(N2CCC(Oc3nc4ccc(C5=CCN(S(=O)(=O)CCC6(OC(C)=O)CC6)CC5)cc4s3)CC2)nc1. The third-order valence-corrected chi connectivity index (χ3v) is 11.3. The Kier molecular flexibility index (Phi) is 8.70. The molecule has 3 aliphatic rings. The highest BCUT2D eigenvalue weighted by molar-refractivity contribution is 7.89. The zero-order chi connectivity index (χ0) is 30.0. The Balaban J connectivity index is 1.02. The summed E-state index contributed by atoms with van der Waals surface area (Å²) in [7, 11) is -3.42. The summed E-state index contributed by atoms with van der Waals surface area (Å²) in [5.41, 5.74) is 3.73. The zero-order valence-electron chi connectivity index (χ0n) is 24.8. The lowest BCUT2D eigenvalue weighted by atomic mass is 10.0. The van der Waals surface area contributed by atoms with Gasteiger partial charge in [-0.2, -0.15) is 4.31 Å². The molecule has 0 spiro atoms. The number of anilines is 1. The molecule has 0 radical (unpaired) electrons. The summed E-state index contributed by atoms with van der Waals surface area (Å²) in [6, 6.07) is 6.21. The van der Waals surface area contributed by atoms with Crippen LogP contribution in [0, 0.1) is 0 Å². The maximum absolute atomic E-state index is 13.0. The first-order valence-electron chi connectivity index (χ1n) is 15.2. The van der Waals surface area contributed by atoms with Crippen molar-refractivity contribution in [2.75, 3.05) is 36.8 Å². The Hall–Kier alpha value is -3.09. The molecule has 6 rings (SSSR count). The second-order valence-electron chi connectivity index (χ2n) is 11.8. The third kappa shape index (κ3) is 7.18. The first-order chi connectivity index (χ1) is 20.7. The van der Waals surface area contributed by atoms with E-state index in [0.29, 0.717) is 31.1 Å². The van der Waals surface area contributed by atoms with Gasteiger partial charge in [0.15, 0.2) is 0 Å². The van der Waals surface area contributed by atoms with Gasteiger partial charge in [-0.05, 0) is 54.5 Å². The molecular formula is C31H39N5O5S2. The van der Waals surface area contributed by atoms with Crippen molar-refractivity contribution in [1.82, 2.24) is 19.3 Å². The lowest BCUT2D eigenvalue weighted by Crippen LogP contribution is -2.39. The summed E-state index contributed by atoms with van der Waals surface area (Å²) in [4.78, 5) is 27.4. The van der Waals surface area contributed by atoms with Gasteiger partial charge in [0, 0.05) is 64.8 Å². The number of sulfonamides is 1. The monoisotopic (exact) mass is 625 g/mol. The molecule has 0 atom stereocenters. The van der Waals surface area contributed by atoms with Crippen molar-refractivity contribution in [3.63, 3.8) is 0 Å². The van der Waals surface area contributed by atoms with E-state index in [-0.39, 0.29) is 17.8 Å². The van der Waals surface area contributed by atoms with Crippen molar-refractivity contribution in [2.45, 2.75) is 76.9 Å². The molecule has 1 aromatic carbocycles. The van der Waals surface area contributed by atoms with Crippen LogP contribution in [0.25, 0.3) is 15.8 Å². The number of aryl methyl sites for hydroxylation is 1. The Morgan fingerprint density at radius 1 is 1.14 bits per heavy atom. The van der Waals surface area contributed by atoms with Gasteiger partial charge in [0.1, 0.15) is 11.7 Å². The number of esters is 1. The van der Waals surface area contributed by atoms with E-state index in [1.165, 1.54) is 16.8 Å². The summed E-state index contributed by atoms with van der Waals surface area (Å²) < 4.78 is 40.2. The fraction of sp³-hybridized carbons (Fsp3) is 0.548. The minimum Gasteiger partial charge on any atom is -0.467 e. The van der Waals surface area contributed by atoms with Crippen molar-refractivity contribution in [3.05, 3.63) is 47.8 Å². The quantitative estimate of drug-likeness (QED) is 0.272. The molecule has 12 heteroatoms. The van der Waals surface area contributed by atoms with E-state index < -0.39 is 15.6 Å². The second-order valence-corrected chi connectivity index (χ2v) is 14.9. The molecule has 1 saturated heterocycles. The Bertz CT molecular complexity index is 1590. The van der Waals surface area contributed by atoms with Gasteiger partial charge >= 0.3 is 5.97 Å². The number of fused-ring (bicyclic) bond motifs is 1. The zero-order valence-corrected chi connectivity index (χ0v) is 26.5. The predicted molar refractivity (Wildman–Crippen MR) is 168 cm³/mol. The molecule has 1 aliphatic carbocycles. The smallest absolute Gasteiger partial charge is 0.303 e. The summed E-state index contributed by atoms with van der Waals surface area (Å²) in [6.07, 6.45) is 12.3. The molecular weight excluding hydrogens is 587 g/mol. The predicted octanol–water partition coefficient (Wildman–Crippen LogP) is 4.99. The molecule has 4 heterocycles. The molecule has 2 aliphatic heterocycles. The van der Waals surface area contributed by atoms with Crippen molar-refractivity contribution in [3.8, 4) is 5.19 Å². The highest BCUT2D eigenvalue weighted by atomic mass is 32.2. The van der Waals surface area contributed by atoms with Gasteiger partial charge in [-0.1, -0.05) is 36.8 Å². The molecule has 2 fully saturated rings. The highest BCUT2D eigenvalue weighted by Crippen LogP contribution is 2.43. The number of piperidine rings is 1. The van der Waals surface area contributed by atoms with Gasteiger partial charge in [0.2, 0.25) is 16.0 Å². The first-order valence-corrected chi connectivity index (χ1v) is 17.6. The normalized spacial score (nSPS) is 19.3. The number of ether oxygens (including phenoxy) is 2. The molecule has 0 amide bonds. The fourth-order valence-electron chi connectivity index (χ4n) is 5.86. The second kappa shape index (κ2) is 12.5. The number of aromatic nitrogens is 3. The van der Waals surface area contributed by atoms with Crippen LogP contribution in [0.4, 0.5) is 5.95 Å². The number of rotatable bonds is 11. The molecule has 0 N–H and O–H groups in total. The number of hydrogen-bond donors (Lipinski definition) is 0. The van der Waals surface area contributed by atoms with Crippen LogP contribution in [-0.4, -0.2) is 77.3 Å². The van der Waals surface area contributed by atoms with Crippen LogP contribution in [0.3, 0.4) is 0 Å². The van der Waals surface area contributed by atoms with Crippen LogP contribution >= 0.6 is 11.3 Å². The molecule has 230 valence electrons. The van der Waals surface area contributed by atoms with Crippen LogP contribution in [0.2, 0.25) is 0 Å². The van der Waals surface area contributed by atoms with Crippen LogP contribution in [0.15, 0.2) is 36.7 Å². The molecule has 0 bridgehead atoms. The summed E-state index contributed by atoms with van der Waals surface area (Å²) in [5, 5.41) is 0.683. The van der Waals surface area contributed by atoms with Crippen molar-refractivity contribution in [2.24, 2.45) is 0 Å². The highest BCUT2D eigenvalue weighted by Gasteiger charge is 2.47. The summed E-state index contributed by atoms with van der Waals surface area (Å²) in [6.45, 7) is 6.01. The number of nitrogens with zero attached hydrogens (tertiary/aromatic N) is 5. The lowest BCUT2D eigenvalue weighted by Gasteiger charge is -2.31. The van der Waals surface area contributed by atoms with Gasteiger partial charge in [-0.25, -0.2) is 23.4 Å². The molecule has 1 saturated carbocycles. The minimum atomic E-state index is -3.42. The number of hydrogen-bond acceptors (Lipinski definition) is 10. The Morgan fingerprint density at radius 2 is 1.91 bits per heavy atom. The first kappa shape index (κ1) is 30.0. The van der Waals surface area contributed by atoms with Gasteiger partial charge in [0.25, 0.3) is 5.19 Å². The fourth-order valence-corrected chi connectivity index (χ4v) is 8.34. The largest absolute Gasteiger partial charge is 0.467 e. The van der Waals surface area contributed by atoms with Crippen LogP contribution in [0.5, 0.6) is 5.19 Å². The van der Waals surface area contributed by atoms with Crippen LogP contribution in [-0.2, 0) is 26.0 Å². The van der Waals surface area contributed by atoms with Crippen molar-refractivity contribution >= 4 is 49.1 Å². The minimum absolute atomic E-state index is 0.00198. The maximum atomic E-state index is 13.0. The average molecular weight is 626 g/mol. The number of thiazole rings is 1. The topological polar surface area (TPSA) is 115 Å². The summed E-state index contributed by atoms with van der Waals surface area (Å²) in [5.74, 6) is 0.435. The van der Waals surface area contributed by atoms with E-state index in [1.54, 1.807) is 11.3 Å². The molecule has 3 aromatic rings. The van der Waals surface area contributed by atoms with E-state index in [0.717, 1.165) is 78.9 Å². The van der Waals surface area contributed by atoms with Gasteiger partial charge in [-0.3, -0.25) is 4.79 Å². The van der Waals surface area contributed by atoms with Crippen molar-refractivity contribution in [1.29, 1.82) is 0 Å². The molecule has 0 unspecified atom stereocenters. The van der Waals surface area contributed by atoms with Crippen LogP contribution < -0.4 is 9.64 Å². The van der Waals surface area contributed by atoms with Gasteiger partial charge < -0.3 is 14.4 Å². The van der Waals surface area contributed by atoms with E-state index in [1.807, 2.05) is 24.5 Å². The summed E-state index contributed by atoms with van der Waals surface area (Å²) >= 11 is 1.56. The van der Waals surface area contributed by atoms with Gasteiger partial charge in [0.05, 0.1) is 16.0 Å². The lowest BCUT2D eigenvalue weighted by molar-refractivity contribution is -0.148. The number of carbonyl (C=O) groups is 1. The Labute approximate surface area is 257 Å².